The summed E-state index contributed by atoms with van der Waals surface area (Å²) in [7, 11) is -1.41. The molecule has 0 aromatic heterocycles. The van der Waals surface area contributed by atoms with Crippen LogP contribution in [0.4, 0.5) is 4.79 Å². The van der Waals surface area contributed by atoms with Crippen LogP contribution in [0.1, 0.15) is 46.0 Å². The summed E-state index contributed by atoms with van der Waals surface area (Å²) in [5.41, 5.74) is 4.56. The molecule has 0 aromatic rings. The molecule has 2 fully saturated rings. The van der Waals surface area contributed by atoms with Gasteiger partial charge in [0.1, 0.15) is 11.6 Å². The van der Waals surface area contributed by atoms with E-state index in [9.17, 15) is 19.5 Å². The van der Waals surface area contributed by atoms with Gasteiger partial charge in [0.05, 0.1) is 6.04 Å². The second kappa shape index (κ2) is 11.1. The predicted molar refractivity (Wildman–Crippen MR) is 111 cm³/mol. The Morgan fingerprint density at radius 1 is 1.26 bits per heavy atom. The zero-order chi connectivity index (χ0) is 23.2. The van der Waals surface area contributed by atoms with E-state index in [1.807, 2.05) is 13.8 Å². The monoisotopic (exact) mass is 443 g/mol. The lowest BCUT2D eigenvalue weighted by Gasteiger charge is -2.30. The number of unbranched alkanes of at least 4 members (excludes halogenated alkanes) is 1. The molecule has 0 aromatic carbocycles. The highest BCUT2D eigenvalue weighted by Gasteiger charge is 2.58. The van der Waals surface area contributed by atoms with Crippen molar-refractivity contribution in [1.82, 2.24) is 10.2 Å². The first-order chi connectivity index (χ1) is 14.6. The van der Waals surface area contributed by atoms with Crippen LogP contribution in [-0.2, 0) is 19.1 Å². The minimum Gasteiger partial charge on any atom is -0.480 e. The smallest absolute Gasteiger partial charge is 0.451 e. The van der Waals surface area contributed by atoms with Crippen LogP contribution in [-0.4, -0.2) is 82.7 Å². The zero-order valence-electron chi connectivity index (χ0n) is 18.2. The van der Waals surface area contributed by atoms with Gasteiger partial charge in [0.15, 0.2) is 0 Å². The van der Waals surface area contributed by atoms with E-state index in [4.69, 9.17) is 25.3 Å². The molecule has 0 unspecified atom stereocenters. The topological polar surface area (TPSA) is 172 Å². The van der Waals surface area contributed by atoms with Crippen molar-refractivity contribution in [3.8, 4) is 0 Å². The number of fused-ring (bicyclic) bond motifs is 1. The summed E-state index contributed by atoms with van der Waals surface area (Å²) in [6, 6.07) is -1.12. The third-order valence-corrected chi connectivity index (χ3v) is 6.12. The molecule has 0 bridgehead atoms. The summed E-state index contributed by atoms with van der Waals surface area (Å²) in [4.78, 5) is 37.9. The van der Waals surface area contributed by atoms with Crippen LogP contribution >= 0.6 is 0 Å². The molecule has 2 aliphatic rings. The first kappa shape index (κ1) is 25.4. The van der Waals surface area contributed by atoms with Gasteiger partial charge in [0.25, 0.3) is 0 Å². The SMILES string of the molecule is CC(C)C[C@H](N)C(=O)OCOC(=O)N1CC[C@H]2[C@@H]1CN[C@@]2(CCCCB(O)O)C(=O)O. The Morgan fingerprint density at radius 2 is 1.97 bits per heavy atom. The number of nitrogens with zero attached hydrogens (tertiary/aromatic N) is 1. The number of nitrogens with one attached hydrogen (secondary N) is 1. The Kier molecular flexibility index (Phi) is 9.10. The number of hydrogen-bond acceptors (Lipinski definition) is 9. The van der Waals surface area contributed by atoms with Crippen molar-refractivity contribution in [2.45, 2.75) is 69.9 Å². The molecule has 6 N–H and O–H groups in total. The molecular formula is C19H34BN3O8. The third-order valence-electron chi connectivity index (χ3n) is 6.12. The number of likely N-dealkylation sites (tertiary alicyclic amines) is 1. The molecule has 2 aliphatic heterocycles. The van der Waals surface area contributed by atoms with Gasteiger partial charge in [0, 0.05) is 19.0 Å². The molecule has 176 valence electrons. The number of carbonyl (C=O) groups is 3. The maximum absolute atomic E-state index is 12.5. The Morgan fingerprint density at radius 3 is 2.58 bits per heavy atom. The maximum Gasteiger partial charge on any atom is 0.451 e. The fourth-order valence-corrected chi connectivity index (χ4v) is 4.60. The lowest BCUT2D eigenvalue weighted by Crippen LogP contribution is -2.52. The van der Waals surface area contributed by atoms with E-state index in [0.29, 0.717) is 45.2 Å². The molecule has 2 rings (SSSR count). The zero-order valence-corrected chi connectivity index (χ0v) is 18.2. The largest absolute Gasteiger partial charge is 0.480 e. The van der Waals surface area contributed by atoms with Gasteiger partial charge in [-0.2, -0.15) is 0 Å². The Bertz CT molecular complexity index is 650. The lowest BCUT2D eigenvalue weighted by atomic mass is 9.77. The summed E-state index contributed by atoms with van der Waals surface area (Å²) >= 11 is 0. The molecule has 0 spiro atoms. The average molecular weight is 443 g/mol. The van der Waals surface area contributed by atoms with Crippen molar-refractivity contribution < 1.29 is 39.0 Å². The van der Waals surface area contributed by atoms with E-state index in [1.54, 1.807) is 0 Å². The molecule has 2 saturated heterocycles. The predicted octanol–water partition coefficient (Wildman–Crippen LogP) is -0.243. The summed E-state index contributed by atoms with van der Waals surface area (Å²) < 4.78 is 10.00. The highest BCUT2D eigenvalue weighted by atomic mass is 16.7. The Labute approximate surface area is 182 Å². The number of carbonyl (C=O) groups excluding carboxylic acids is 2. The quantitative estimate of drug-likeness (QED) is 0.124. The Balaban J connectivity index is 1.87. The number of rotatable bonds is 11. The number of amides is 1. The van der Waals surface area contributed by atoms with Crippen LogP contribution in [0.2, 0.25) is 6.32 Å². The normalized spacial score (nSPS) is 25.9. The van der Waals surface area contributed by atoms with Crippen molar-refractivity contribution in [3.63, 3.8) is 0 Å². The van der Waals surface area contributed by atoms with Crippen LogP contribution in [0, 0.1) is 11.8 Å². The third kappa shape index (κ3) is 6.31. The number of nitrogens with two attached hydrogens (primary N) is 1. The average Bonchev–Trinajstić information content (AvgIpc) is 3.25. The molecular weight excluding hydrogens is 409 g/mol. The minimum atomic E-state index is -1.41. The standard InChI is InChI=1S/C19H34BN3O8/c1-12(2)9-14(21)16(24)30-11-31-18(27)23-8-5-13-15(23)10-22-19(13,17(25)26)6-3-4-7-20(28)29/h12-15,22,28-29H,3-11,21H2,1-2H3,(H,25,26)/t13-,14-,15-,19+/m0/s1. The first-order valence-electron chi connectivity index (χ1n) is 10.8. The van der Waals surface area contributed by atoms with Gasteiger partial charge in [-0.1, -0.05) is 26.7 Å². The molecule has 0 saturated carbocycles. The number of carboxylic acids is 1. The van der Waals surface area contributed by atoms with E-state index in [0.717, 1.165) is 0 Å². The van der Waals surface area contributed by atoms with Gasteiger partial charge >= 0.3 is 25.2 Å². The van der Waals surface area contributed by atoms with E-state index in [2.05, 4.69) is 5.32 Å². The summed E-state index contributed by atoms with van der Waals surface area (Å²) in [5.74, 6) is -1.68. The summed E-state index contributed by atoms with van der Waals surface area (Å²) in [6.07, 6.45) is 1.80. The number of hydrogen-bond donors (Lipinski definition) is 5. The first-order valence-corrected chi connectivity index (χ1v) is 10.8. The van der Waals surface area contributed by atoms with Gasteiger partial charge in [-0.25, -0.2) is 4.79 Å². The maximum atomic E-state index is 12.5. The van der Waals surface area contributed by atoms with E-state index in [-0.39, 0.29) is 24.2 Å². The molecule has 0 aliphatic carbocycles. The van der Waals surface area contributed by atoms with Gasteiger partial charge in [0.2, 0.25) is 6.79 Å². The van der Waals surface area contributed by atoms with Crippen LogP contribution in [0.3, 0.4) is 0 Å². The minimum absolute atomic E-state index is 0.182. The number of carboxylic acid groups (broad SMARTS) is 1. The van der Waals surface area contributed by atoms with Crippen molar-refractivity contribution in [2.24, 2.45) is 17.6 Å². The van der Waals surface area contributed by atoms with Gasteiger partial charge < -0.3 is 35.3 Å². The van der Waals surface area contributed by atoms with Gasteiger partial charge in [-0.3, -0.25) is 14.9 Å². The summed E-state index contributed by atoms with van der Waals surface area (Å²) in [6.45, 7) is 3.98. The molecule has 4 atom stereocenters. The molecule has 12 heteroatoms. The van der Waals surface area contributed by atoms with Crippen molar-refractivity contribution in [3.05, 3.63) is 0 Å². The van der Waals surface area contributed by atoms with Crippen molar-refractivity contribution in [2.75, 3.05) is 19.9 Å². The molecule has 11 nitrogen and oxygen atoms in total. The molecule has 1 amide bonds. The van der Waals surface area contributed by atoms with Crippen LogP contribution < -0.4 is 11.1 Å². The Hall–Kier alpha value is -1.89. The highest BCUT2D eigenvalue weighted by Crippen LogP contribution is 2.41. The highest BCUT2D eigenvalue weighted by molar-refractivity contribution is 6.40. The summed E-state index contributed by atoms with van der Waals surface area (Å²) in [5, 5.41) is 30.9. The van der Waals surface area contributed by atoms with Gasteiger partial charge in [-0.05, 0) is 31.5 Å². The second-order valence-electron chi connectivity index (χ2n) is 8.77. The van der Waals surface area contributed by atoms with Crippen LogP contribution in [0.15, 0.2) is 0 Å². The van der Waals surface area contributed by atoms with Crippen molar-refractivity contribution in [1.29, 1.82) is 0 Å². The van der Waals surface area contributed by atoms with Crippen LogP contribution in [0.5, 0.6) is 0 Å². The van der Waals surface area contributed by atoms with E-state index < -0.39 is 43.5 Å². The van der Waals surface area contributed by atoms with Gasteiger partial charge in [-0.15, -0.1) is 0 Å². The van der Waals surface area contributed by atoms with Crippen LogP contribution in [0.25, 0.3) is 0 Å². The number of ether oxygens (including phenoxy) is 2. The number of aliphatic carboxylic acids is 1. The lowest BCUT2D eigenvalue weighted by molar-refractivity contribution is -0.154. The fourth-order valence-electron chi connectivity index (χ4n) is 4.60. The van der Waals surface area contributed by atoms with Crippen molar-refractivity contribution >= 4 is 25.2 Å². The molecule has 2 heterocycles. The molecule has 0 radical (unpaired) electrons. The fraction of sp³-hybridized carbons (Fsp3) is 0.842. The number of esters is 1. The second-order valence-corrected chi connectivity index (χ2v) is 8.77. The molecule has 31 heavy (non-hydrogen) atoms. The van der Waals surface area contributed by atoms with E-state index >= 15 is 0 Å². The van der Waals surface area contributed by atoms with E-state index in [1.165, 1.54) is 4.90 Å².